The molecule has 2 aromatic rings. The Labute approximate surface area is 122 Å². The molecule has 110 valence electrons. The summed E-state index contributed by atoms with van der Waals surface area (Å²) in [5, 5.41) is 3.68. The lowest BCUT2D eigenvalue weighted by atomic mass is 10.0. The van der Waals surface area contributed by atoms with Gasteiger partial charge in [-0.1, -0.05) is 18.2 Å². The number of benzene rings is 1. The number of carbonyl (C=O) groups is 2. The summed E-state index contributed by atoms with van der Waals surface area (Å²) in [5.74, 6) is -0.388. The van der Waals surface area contributed by atoms with E-state index in [1.807, 2.05) is 18.2 Å². The minimum atomic E-state index is -0.312. The van der Waals surface area contributed by atoms with E-state index in [1.54, 1.807) is 4.90 Å². The first-order chi connectivity index (χ1) is 10.2. The molecular formula is C15H18N4O2. The lowest BCUT2D eigenvalue weighted by Crippen LogP contribution is -2.43. The first kappa shape index (κ1) is 13.6. The lowest BCUT2D eigenvalue weighted by Gasteiger charge is -2.27. The number of amides is 2. The van der Waals surface area contributed by atoms with E-state index in [0.29, 0.717) is 13.1 Å². The Kier molecular flexibility index (Phi) is 3.62. The normalized spacial score (nSPS) is 14.0. The summed E-state index contributed by atoms with van der Waals surface area (Å²) in [5.41, 5.74) is 8.69. The molecule has 0 saturated carbocycles. The van der Waals surface area contributed by atoms with Crippen LogP contribution in [0.5, 0.6) is 0 Å². The molecule has 0 bridgehead atoms. The maximum absolute atomic E-state index is 12.1. The molecule has 1 aliphatic rings. The molecule has 0 aliphatic carbocycles. The summed E-state index contributed by atoms with van der Waals surface area (Å²) in [7, 11) is 0. The van der Waals surface area contributed by atoms with E-state index in [9.17, 15) is 9.59 Å². The quantitative estimate of drug-likeness (QED) is 0.749. The zero-order valence-electron chi connectivity index (χ0n) is 11.7. The molecule has 6 nitrogen and oxygen atoms in total. The molecule has 0 spiro atoms. The molecule has 0 unspecified atom stereocenters. The van der Waals surface area contributed by atoms with Crippen molar-refractivity contribution in [2.24, 2.45) is 5.73 Å². The van der Waals surface area contributed by atoms with Gasteiger partial charge < -0.3 is 20.9 Å². The van der Waals surface area contributed by atoms with Crippen LogP contribution >= 0.6 is 0 Å². The Balaban J connectivity index is 1.74. The third-order valence-electron chi connectivity index (χ3n) is 3.86. The number of aromatic amines is 1. The van der Waals surface area contributed by atoms with Crippen LogP contribution < -0.4 is 11.1 Å². The molecule has 1 aromatic carbocycles. The van der Waals surface area contributed by atoms with Gasteiger partial charge in [0.05, 0.1) is 13.1 Å². The van der Waals surface area contributed by atoms with E-state index in [4.69, 9.17) is 5.73 Å². The zero-order chi connectivity index (χ0) is 14.8. The molecule has 6 heteroatoms. The molecule has 0 saturated heterocycles. The number of hydrogen-bond acceptors (Lipinski definition) is 3. The van der Waals surface area contributed by atoms with Gasteiger partial charge in [-0.05, 0) is 6.07 Å². The summed E-state index contributed by atoms with van der Waals surface area (Å²) in [4.78, 5) is 28.5. The summed E-state index contributed by atoms with van der Waals surface area (Å²) in [6, 6.07) is 8.10. The number of aromatic nitrogens is 1. The van der Waals surface area contributed by atoms with Gasteiger partial charge in [-0.25, -0.2) is 0 Å². The minimum Gasteiger partial charge on any atom is -0.358 e. The first-order valence-corrected chi connectivity index (χ1v) is 7.02. The van der Waals surface area contributed by atoms with Crippen LogP contribution in [0.2, 0.25) is 0 Å². The predicted octanol–water partition coefficient (Wildman–Crippen LogP) is 0.127. The highest BCUT2D eigenvalue weighted by molar-refractivity contribution is 5.88. The van der Waals surface area contributed by atoms with Gasteiger partial charge in [-0.2, -0.15) is 0 Å². The van der Waals surface area contributed by atoms with Gasteiger partial charge in [-0.15, -0.1) is 0 Å². The first-order valence-electron chi connectivity index (χ1n) is 7.02. The van der Waals surface area contributed by atoms with Crippen molar-refractivity contribution in [1.29, 1.82) is 0 Å². The number of nitrogens with one attached hydrogen (secondary N) is 2. The van der Waals surface area contributed by atoms with Gasteiger partial charge >= 0.3 is 0 Å². The Morgan fingerprint density at radius 1 is 1.33 bits per heavy atom. The minimum absolute atomic E-state index is 0.00766. The van der Waals surface area contributed by atoms with Gasteiger partial charge in [-0.3, -0.25) is 9.59 Å². The van der Waals surface area contributed by atoms with Crippen LogP contribution in [-0.4, -0.2) is 41.3 Å². The highest BCUT2D eigenvalue weighted by Gasteiger charge is 2.23. The van der Waals surface area contributed by atoms with Crippen molar-refractivity contribution in [2.75, 3.05) is 19.6 Å². The Bertz CT molecular complexity index is 692. The van der Waals surface area contributed by atoms with Crippen molar-refractivity contribution < 1.29 is 9.59 Å². The summed E-state index contributed by atoms with van der Waals surface area (Å²) in [6.45, 7) is 1.15. The summed E-state index contributed by atoms with van der Waals surface area (Å²) < 4.78 is 0. The number of fused-ring (bicyclic) bond motifs is 3. The second-order valence-electron chi connectivity index (χ2n) is 5.17. The predicted molar refractivity (Wildman–Crippen MR) is 79.5 cm³/mol. The lowest BCUT2D eigenvalue weighted by molar-refractivity contribution is -0.133. The average Bonchev–Trinajstić information content (AvgIpc) is 2.90. The molecule has 4 N–H and O–H groups in total. The standard InChI is InChI=1S/C15H18N4O2/c16-7-14(20)17-8-15(21)19-6-5-13-11(9-19)10-3-1-2-4-12(10)18-13/h1-4,18H,5-9,16H2,(H,17,20). The highest BCUT2D eigenvalue weighted by Crippen LogP contribution is 2.27. The maximum Gasteiger partial charge on any atom is 0.242 e. The molecule has 3 rings (SSSR count). The Hall–Kier alpha value is -2.34. The van der Waals surface area contributed by atoms with Crippen LogP contribution in [0.1, 0.15) is 11.3 Å². The molecule has 2 amide bonds. The van der Waals surface area contributed by atoms with Gasteiger partial charge in [0.15, 0.2) is 0 Å². The zero-order valence-corrected chi connectivity index (χ0v) is 11.7. The van der Waals surface area contributed by atoms with E-state index >= 15 is 0 Å². The van der Waals surface area contributed by atoms with Gasteiger partial charge in [0.1, 0.15) is 0 Å². The second-order valence-corrected chi connectivity index (χ2v) is 5.17. The summed E-state index contributed by atoms with van der Waals surface area (Å²) >= 11 is 0. The molecule has 0 atom stereocenters. The monoisotopic (exact) mass is 286 g/mol. The Morgan fingerprint density at radius 2 is 2.14 bits per heavy atom. The number of H-pyrrole nitrogens is 1. The van der Waals surface area contributed by atoms with Crippen LogP contribution in [0.3, 0.4) is 0 Å². The van der Waals surface area contributed by atoms with E-state index in [2.05, 4.69) is 16.4 Å². The van der Waals surface area contributed by atoms with Crippen LogP contribution in [-0.2, 0) is 22.6 Å². The fourth-order valence-corrected chi connectivity index (χ4v) is 2.74. The summed E-state index contributed by atoms with van der Waals surface area (Å²) in [6.07, 6.45) is 0.806. The van der Waals surface area contributed by atoms with Crippen LogP contribution in [0.25, 0.3) is 10.9 Å². The maximum atomic E-state index is 12.1. The van der Waals surface area contributed by atoms with Gasteiger partial charge in [0.2, 0.25) is 11.8 Å². The molecule has 0 radical (unpaired) electrons. The van der Waals surface area contributed by atoms with Crippen molar-refractivity contribution >= 4 is 22.7 Å². The third kappa shape index (κ3) is 2.62. The van der Waals surface area contributed by atoms with Crippen molar-refractivity contribution in [2.45, 2.75) is 13.0 Å². The molecule has 21 heavy (non-hydrogen) atoms. The van der Waals surface area contributed by atoms with Crippen molar-refractivity contribution in [1.82, 2.24) is 15.2 Å². The van der Waals surface area contributed by atoms with E-state index in [-0.39, 0.29) is 24.9 Å². The number of carbonyl (C=O) groups excluding carboxylic acids is 2. The van der Waals surface area contributed by atoms with Crippen molar-refractivity contribution in [3.05, 3.63) is 35.5 Å². The fraction of sp³-hybridized carbons (Fsp3) is 0.333. The number of hydrogen-bond donors (Lipinski definition) is 3. The molecule has 0 fully saturated rings. The number of para-hydroxylation sites is 1. The number of nitrogens with zero attached hydrogens (tertiary/aromatic N) is 1. The number of nitrogens with two attached hydrogens (primary N) is 1. The number of rotatable bonds is 3. The van der Waals surface area contributed by atoms with Gasteiger partial charge in [0.25, 0.3) is 0 Å². The second kappa shape index (κ2) is 5.57. The van der Waals surface area contributed by atoms with E-state index in [1.165, 1.54) is 11.3 Å². The molecule has 1 aliphatic heterocycles. The highest BCUT2D eigenvalue weighted by atomic mass is 16.2. The van der Waals surface area contributed by atoms with Crippen LogP contribution in [0.4, 0.5) is 0 Å². The molecule has 1 aromatic heterocycles. The van der Waals surface area contributed by atoms with Crippen molar-refractivity contribution in [3.63, 3.8) is 0 Å². The van der Waals surface area contributed by atoms with Crippen molar-refractivity contribution in [3.8, 4) is 0 Å². The van der Waals surface area contributed by atoms with E-state index in [0.717, 1.165) is 17.3 Å². The fourth-order valence-electron chi connectivity index (χ4n) is 2.74. The Morgan fingerprint density at radius 3 is 2.95 bits per heavy atom. The van der Waals surface area contributed by atoms with Crippen LogP contribution in [0, 0.1) is 0 Å². The SMILES string of the molecule is NCC(=O)NCC(=O)N1CCc2[nH]c3ccccc3c2C1. The van der Waals surface area contributed by atoms with E-state index < -0.39 is 0 Å². The molecular weight excluding hydrogens is 268 g/mol. The average molecular weight is 286 g/mol. The topological polar surface area (TPSA) is 91.2 Å². The van der Waals surface area contributed by atoms with Gasteiger partial charge in [0, 0.05) is 41.7 Å². The van der Waals surface area contributed by atoms with Crippen LogP contribution in [0.15, 0.2) is 24.3 Å². The third-order valence-corrected chi connectivity index (χ3v) is 3.86. The largest absolute Gasteiger partial charge is 0.358 e. The smallest absolute Gasteiger partial charge is 0.242 e. The molecule has 2 heterocycles.